The maximum absolute atomic E-state index is 13.3. The highest BCUT2D eigenvalue weighted by molar-refractivity contribution is 5.36. The van der Waals surface area contributed by atoms with Crippen molar-refractivity contribution in [1.29, 1.82) is 0 Å². The van der Waals surface area contributed by atoms with E-state index in [0.29, 0.717) is 11.8 Å². The van der Waals surface area contributed by atoms with Gasteiger partial charge < -0.3 is 10.1 Å². The fraction of sp³-hybridized carbons (Fsp3) is 0.600. The van der Waals surface area contributed by atoms with E-state index in [1.165, 1.54) is 12.1 Å². The smallest absolute Gasteiger partial charge is 0.126 e. The Kier molecular flexibility index (Phi) is 5.16. The Hall–Kier alpha value is -1.13. The average Bonchev–Trinajstić information content (AvgIpc) is 2.46. The summed E-state index contributed by atoms with van der Waals surface area (Å²) in [5.41, 5.74) is 1.10. The van der Waals surface area contributed by atoms with E-state index in [0.717, 1.165) is 44.6 Å². The second kappa shape index (κ2) is 6.87. The molecule has 1 saturated heterocycles. The Morgan fingerprint density at radius 2 is 2.11 bits per heavy atom. The number of hydrogen-bond acceptors (Lipinski definition) is 3. The standard InChI is InChI=1S/C15H23FN2O/c1-3-4-14(18-9-7-17-8-10-18)13-6-5-12(16)11-15(13)19-2/h5-6,11,14,17H,3-4,7-10H2,1-2H3/t14-/m1/s1. The molecule has 19 heavy (non-hydrogen) atoms. The summed E-state index contributed by atoms with van der Waals surface area (Å²) >= 11 is 0. The first-order valence-corrected chi connectivity index (χ1v) is 7.04. The van der Waals surface area contributed by atoms with Gasteiger partial charge in [0.1, 0.15) is 11.6 Å². The second-order valence-electron chi connectivity index (χ2n) is 4.98. The minimum atomic E-state index is -0.240. The number of nitrogens with one attached hydrogen (secondary N) is 1. The second-order valence-corrected chi connectivity index (χ2v) is 4.98. The number of rotatable bonds is 5. The predicted molar refractivity (Wildman–Crippen MR) is 75.0 cm³/mol. The Balaban J connectivity index is 2.26. The van der Waals surface area contributed by atoms with Gasteiger partial charge in [0.2, 0.25) is 0 Å². The zero-order valence-corrected chi connectivity index (χ0v) is 11.8. The van der Waals surface area contributed by atoms with Crippen molar-refractivity contribution in [2.75, 3.05) is 33.3 Å². The van der Waals surface area contributed by atoms with Crippen LogP contribution in [0.1, 0.15) is 31.4 Å². The first-order chi connectivity index (χ1) is 9.26. The van der Waals surface area contributed by atoms with Crippen LogP contribution in [-0.2, 0) is 0 Å². The van der Waals surface area contributed by atoms with Gasteiger partial charge in [-0.15, -0.1) is 0 Å². The van der Waals surface area contributed by atoms with Gasteiger partial charge in [-0.1, -0.05) is 19.4 Å². The van der Waals surface area contributed by atoms with Crippen molar-refractivity contribution in [3.05, 3.63) is 29.6 Å². The van der Waals surface area contributed by atoms with Crippen molar-refractivity contribution < 1.29 is 9.13 Å². The quantitative estimate of drug-likeness (QED) is 0.886. The summed E-state index contributed by atoms with van der Waals surface area (Å²) in [5.74, 6) is 0.424. The number of methoxy groups -OCH3 is 1. The van der Waals surface area contributed by atoms with E-state index in [1.807, 2.05) is 6.07 Å². The molecule has 1 N–H and O–H groups in total. The molecule has 2 rings (SSSR count). The first kappa shape index (κ1) is 14.3. The number of nitrogens with zero attached hydrogens (tertiary/aromatic N) is 1. The van der Waals surface area contributed by atoms with Gasteiger partial charge in [-0.25, -0.2) is 4.39 Å². The Morgan fingerprint density at radius 3 is 2.74 bits per heavy atom. The third kappa shape index (κ3) is 3.45. The van der Waals surface area contributed by atoms with Gasteiger partial charge in [-0.2, -0.15) is 0 Å². The number of ether oxygens (including phenoxy) is 1. The van der Waals surface area contributed by atoms with Crippen molar-refractivity contribution in [2.45, 2.75) is 25.8 Å². The molecular weight excluding hydrogens is 243 g/mol. The molecule has 1 aliphatic heterocycles. The summed E-state index contributed by atoms with van der Waals surface area (Å²) in [7, 11) is 1.61. The van der Waals surface area contributed by atoms with Crippen molar-refractivity contribution in [3.63, 3.8) is 0 Å². The normalized spacial score (nSPS) is 18.3. The van der Waals surface area contributed by atoms with Crippen LogP contribution >= 0.6 is 0 Å². The van der Waals surface area contributed by atoms with E-state index in [-0.39, 0.29) is 5.82 Å². The molecule has 0 radical (unpaired) electrons. The van der Waals surface area contributed by atoms with Gasteiger partial charge in [0, 0.05) is 43.9 Å². The molecule has 1 aromatic rings. The predicted octanol–water partition coefficient (Wildman–Crippen LogP) is 2.58. The van der Waals surface area contributed by atoms with Crippen molar-refractivity contribution in [1.82, 2.24) is 10.2 Å². The van der Waals surface area contributed by atoms with Crippen LogP contribution < -0.4 is 10.1 Å². The van der Waals surface area contributed by atoms with Crippen LogP contribution in [-0.4, -0.2) is 38.2 Å². The molecule has 1 fully saturated rings. The highest BCUT2D eigenvalue weighted by Gasteiger charge is 2.24. The van der Waals surface area contributed by atoms with Crippen LogP contribution in [0.2, 0.25) is 0 Å². The third-order valence-electron chi connectivity index (χ3n) is 3.71. The van der Waals surface area contributed by atoms with Gasteiger partial charge >= 0.3 is 0 Å². The summed E-state index contributed by atoms with van der Waals surface area (Å²) in [6.45, 7) is 6.29. The lowest BCUT2D eigenvalue weighted by Gasteiger charge is -2.35. The molecule has 0 bridgehead atoms. The minimum Gasteiger partial charge on any atom is -0.496 e. The monoisotopic (exact) mass is 266 g/mol. The van der Waals surface area contributed by atoms with E-state index in [9.17, 15) is 4.39 Å². The van der Waals surface area contributed by atoms with Crippen molar-refractivity contribution in [2.24, 2.45) is 0 Å². The van der Waals surface area contributed by atoms with Crippen LogP contribution in [0.4, 0.5) is 4.39 Å². The topological polar surface area (TPSA) is 24.5 Å². The first-order valence-electron chi connectivity index (χ1n) is 7.04. The van der Waals surface area contributed by atoms with Crippen LogP contribution in [0.15, 0.2) is 18.2 Å². The summed E-state index contributed by atoms with van der Waals surface area (Å²) in [4.78, 5) is 2.47. The third-order valence-corrected chi connectivity index (χ3v) is 3.71. The number of piperazine rings is 1. The van der Waals surface area contributed by atoms with E-state index in [2.05, 4.69) is 17.1 Å². The largest absolute Gasteiger partial charge is 0.496 e. The SMILES string of the molecule is CCC[C@H](c1ccc(F)cc1OC)N1CCNCC1. The molecule has 1 aromatic carbocycles. The van der Waals surface area contributed by atoms with Crippen LogP contribution in [0.3, 0.4) is 0 Å². The zero-order valence-electron chi connectivity index (χ0n) is 11.8. The van der Waals surface area contributed by atoms with Gasteiger partial charge in [0.05, 0.1) is 7.11 Å². The number of hydrogen-bond donors (Lipinski definition) is 1. The molecule has 0 unspecified atom stereocenters. The molecule has 4 heteroatoms. The Labute approximate surface area is 114 Å². The maximum Gasteiger partial charge on any atom is 0.126 e. The summed E-state index contributed by atoms with van der Waals surface area (Å²) < 4.78 is 18.7. The fourth-order valence-corrected chi connectivity index (χ4v) is 2.76. The lowest BCUT2D eigenvalue weighted by molar-refractivity contribution is 0.162. The Bertz CT molecular complexity index is 405. The molecule has 1 atom stereocenters. The average molecular weight is 266 g/mol. The number of benzene rings is 1. The van der Waals surface area contributed by atoms with Gasteiger partial charge in [0.25, 0.3) is 0 Å². The lowest BCUT2D eigenvalue weighted by atomic mass is 9.98. The summed E-state index contributed by atoms with van der Waals surface area (Å²) in [6.07, 6.45) is 2.18. The summed E-state index contributed by atoms with van der Waals surface area (Å²) in [6, 6.07) is 5.21. The van der Waals surface area contributed by atoms with Crippen LogP contribution in [0.25, 0.3) is 0 Å². The summed E-state index contributed by atoms with van der Waals surface area (Å²) in [5, 5.41) is 3.37. The van der Waals surface area contributed by atoms with Crippen molar-refractivity contribution in [3.8, 4) is 5.75 Å². The highest BCUT2D eigenvalue weighted by Crippen LogP contribution is 2.33. The van der Waals surface area contributed by atoms with Crippen molar-refractivity contribution >= 4 is 0 Å². The van der Waals surface area contributed by atoms with E-state index >= 15 is 0 Å². The maximum atomic E-state index is 13.3. The molecule has 0 spiro atoms. The zero-order chi connectivity index (χ0) is 13.7. The molecule has 1 heterocycles. The molecule has 0 saturated carbocycles. The van der Waals surface area contributed by atoms with E-state index in [4.69, 9.17) is 4.74 Å². The lowest BCUT2D eigenvalue weighted by Crippen LogP contribution is -2.45. The molecular formula is C15H23FN2O. The molecule has 3 nitrogen and oxygen atoms in total. The van der Waals surface area contributed by atoms with E-state index < -0.39 is 0 Å². The molecule has 106 valence electrons. The van der Waals surface area contributed by atoms with Gasteiger partial charge in [-0.05, 0) is 12.5 Å². The highest BCUT2D eigenvalue weighted by atomic mass is 19.1. The molecule has 1 aliphatic rings. The molecule has 0 aliphatic carbocycles. The molecule has 0 aromatic heterocycles. The van der Waals surface area contributed by atoms with Gasteiger partial charge in [-0.3, -0.25) is 4.90 Å². The van der Waals surface area contributed by atoms with Crippen LogP contribution in [0.5, 0.6) is 5.75 Å². The minimum absolute atomic E-state index is 0.240. The van der Waals surface area contributed by atoms with Crippen LogP contribution in [0, 0.1) is 5.82 Å². The van der Waals surface area contributed by atoms with E-state index in [1.54, 1.807) is 7.11 Å². The van der Waals surface area contributed by atoms with Gasteiger partial charge in [0.15, 0.2) is 0 Å². The fourth-order valence-electron chi connectivity index (χ4n) is 2.76. The Morgan fingerprint density at radius 1 is 1.37 bits per heavy atom. The molecule has 0 amide bonds. The number of halogens is 1.